The van der Waals surface area contributed by atoms with Crippen molar-refractivity contribution in [1.82, 2.24) is 5.32 Å². The van der Waals surface area contributed by atoms with Gasteiger partial charge in [-0.1, -0.05) is 13.0 Å². The van der Waals surface area contributed by atoms with Crippen molar-refractivity contribution in [2.75, 3.05) is 13.7 Å². The Morgan fingerprint density at radius 3 is 2.80 bits per heavy atom. The van der Waals surface area contributed by atoms with Gasteiger partial charge in [0.2, 0.25) is 5.91 Å². The third-order valence-corrected chi connectivity index (χ3v) is 3.55. The van der Waals surface area contributed by atoms with Crippen LogP contribution in [0, 0.1) is 0 Å². The average molecular weight is 275 g/mol. The van der Waals surface area contributed by atoms with Gasteiger partial charge in [-0.2, -0.15) is 0 Å². The molecule has 0 radical (unpaired) electrons. The molecule has 20 heavy (non-hydrogen) atoms. The van der Waals surface area contributed by atoms with Crippen LogP contribution in [0.4, 0.5) is 0 Å². The fraction of sp³-hybridized carbons (Fsp3) is 0.438. The summed E-state index contributed by atoms with van der Waals surface area (Å²) in [5, 5.41) is 2.86. The molecule has 1 atom stereocenters. The maximum atomic E-state index is 11.3. The first kappa shape index (κ1) is 14.4. The normalized spacial score (nSPS) is 18.9. The van der Waals surface area contributed by atoms with Crippen molar-refractivity contribution in [1.29, 1.82) is 0 Å². The number of ether oxygens (including phenoxy) is 2. The molecule has 0 bridgehead atoms. The minimum absolute atomic E-state index is 0.107. The molecule has 4 nitrogen and oxygen atoms in total. The van der Waals surface area contributed by atoms with E-state index in [-0.39, 0.29) is 11.8 Å². The molecule has 0 aromatic heterocycles. The summed E-state index contributed by atoms with van der Waals surface area (Å²) >= 11 is 0. The maximum absolute atomic E-state index is 11.3. The predicted molar refractivity (Wildman–Crippen MR) is 78.0 cm³/mol. The second-order valence-corrected chi connectivity index (χ2v) is 4.83. The van der Waals surface area contributed by atoms with Gasteiger partial charge in [0.1, 0.15) is 0 Å². The number of hydrogen-bond donors (Lipinski definition) is 1. The lowest BCUT2D eigenvalue weighted by Crippen LogP contribution is -2.13. The zero-order valence-corrected chi connectivity index (χ0v) is 12.2. The van der Waals surface area contributed by atoms with Crippen molar-refractivity contribution in [2.45, 2.75) is 32.6 Å². The van der Waals surface area contributed by atoms with Gasteiger partial charge in [0.05, 0.1) is 12.9 Å². The van der Waals surface area contributed by atoms with Crippen LogP contribution in [0.1, 0.15) is 38.2 Å². The SMILES string of the molecule is CC=C(CC)Oc1cc(C2CNC(=O)C2)ccc1OC. The minimum Gasteiger partial charge on any atom is -0.493 e. The zero-order chi connectivity index (χ0) is 14.5. The monoisotopic (exact) mass is 275 g/mol. The molecule has 2 rings (SSSR count). The Bertz CT molecular complexity index is 522. The third kappa shape index (κ3) is 3.13. The quantitative estimate of drug-likeness (QED) is 0.840. The molecular weight excluding hydrogens is 254 g/mol. The van der Waals surface area contributed by atoms with Crippen LogP contribution in [0.5, 0.6) is 11.5 Å². The highest BCUT2D eigenvalue weighted by Gasteiger charge is 2.24. The lowest BCUT2D eigenvalue weighted by molar-refractivity contribution is -0.119. The van der Waals surface area contributed by atoms with Crippen molar-refractivity contribution in [2.24, 2.45) is 0 Å². The van der Waals surface area contributed by atoms with E-state index in [0.29, 0.717) is 24.5 Å². The molecule has 0 saturated carbocycles. The lowest BCUT2D eigenvalue weighted by Gasteiger charge is -2.15. The second kappa shape index (κ2) is 6.46. The number of nitrogens with one attached hydrogen (secondary N) is 1. The molecule has 1 N–H and O–H groups in total. The topological polar surface area (TPSA) is 47.6 Å². The molecule has 0 aliphatic carbocycles. The van der Waals surface area contributed by atoms with E-state index in [1.807, 2.05) is 38.1 Å². The van der Waals surface area contributed by atoms with Gasteiger partial charge >= 0.3 is 0 Å². The second-order valence-electron chi connectivity index (χ2n) is 4.83. The smallest absolute Gasteiger partial charge is 0.220 e. The molecule has 1 fully saturated rings. The Morgan fingerprint density at radius 2 is 2.25 bits per heavy atom. The fourth-order valence-corrected chi connectivity index (χ4v) is 2.34. The molecule has 1 aliphatic heterocycles. The summed E-state index contributed by atoms with van der Waals surface area (Å²) in [5.74, 6) is 2.64. The van der Waals surface area contributed by atoms with Gasteiger partial charge in [-0.05, 0) is 30.7 Å². The zero-order valence-electron chi connectivity index (χ0n) is 12.2. The molecular formula is C16H21NO3. The van der Waals surface area contributed by atoms with Crippen LogP contribution < -0.4 is 14.8 Å². The largest absolute Gasteiger partial charge is 0.493 e. The van der Waals surface area contributed by atoms with Gasteiger partial charge in [-0.15, -0.1) is 0 Å². The molecule has 1 amide bonds. The summed E-state index contributed by atoms with van der Waals surface area (Å²) in [7, 11) is 1.63. The van der Waals surface area contributed by atoms with Crippen LogP contribution in [-0.2, 0) is 4.79 Å². The summed E-state index contributed by atoms with van der Waals surface area (Å²) in [6.07, 6.45) is 3.32. The number of rotatable bonds is 5. The molecule has 1 heterocycles. The summed E-state index contributed by atoms with van der Waals surface area (Å²) < 4.78 is 11.2. The van der Waals surface area contributed by atoms with Crippen LogP contribution in [0.3, 0.4) is 0 Å². The maximum Gasteiger partial charge on any atom is 0.220 e. The first-order valence-electron chi connectivity index (χ1n) is 6.95. The number of allylic oxidation sites excluding steroid dienone is 2. The summed E-state index contributed by atoms with van der Waals surface area (Å²) in [6.45, 7) is 4.69. The summed E-state index contributed by atoms with van der Waals surface area (Å²) in [6, 6.07) is 5.87. The van der Waals surface area contributed by atoms with Gasteiger partial charge in [0.15, 0.2) is 11.5 Å². The van der Waals surface area contributed by atoms with E-state index in [1.54, 1.807) is 7.11 Å². The van der Waals surface area contributed by atoms with Crippen LogP contribution in [0.15, 0.2) is 30.0 Å². The number of carbonyl (C=O) groups is 1. The van der Waals surface area contributed by atoms with E-state index in [0.717, 1.165) is 17.7 Å². The molecule has 1 aromatic carbocycles. The van der Waals surface area contributed by atoms with E-state index in [2.05, 4.69) is 5.32 Å². The Morgan fingerprint density at radius 1 is 1.45 bits per heavy atom. The van der Waals surface area contributed by atoms with Crippen molar-refractivity contribution in [3.05, 3.63) is 35.6 Å². The van der Waals surface area contributed by atoms with E-state index in [9.17, 15) is 4.79 Å². The molecule has 108 valence electrons. The number of amides is 1. The van der Waals surface area contributed by atoms with Crippen LogP contribution in [-0.4, -0.2) is 19.6 Å². The first-order chi connectivity index (χ1) is 9.67. The van der Waals surface area contributed by atoms with Crippen molar-refractivity contribution >= 4 is 5.91 Å². The number of hydrogen-bond acceptors (Lipinski definition) is 3. The Kier molecular flexibility index (Phi) is 4.66. The average Bonchev–Trinajstić information content (AvgIpc) is 2.91. The van der Waals surface area contributed by atoms with Crippen molar-refractivity contribution < 1.29 is 14.3 Å². The van der Waals surface area contributed by atoms with Gasteiger partial charge in [0.25, 0.3) is 0 Å². The number of benzene rings is 1. The first-order valence-corrected chi connectivity index (χ1v) is 6.95. The molecule has 1 saturated heterocycles. The van der Waals surface area contributed by atoms with Gasteiger partial charge < -0.3 is 14.8 Å². The van der Waals surface area contributed by atoms with Crippen molar-refractivity contribution in [3.8, 4) is 11.5 Å². The number of carbonyl (C=O) groups excluding carboxylic acids is 1. The molecule has 1 unspecified atom stereocenters. The highest BCUT2D eigenvalue weighted by Crippen LogP contribution is 2.34. The fourth-order valence-electron chi connectivity index (χ4n) is 2.34. The Balaban J connectivity index is 2.26. The van der Waals surface area contributed by atoms with E-state index in [1.165, 1.54) is 0 Å². The summed E-state index contributed by atoms with van der Waals surface area (Å²) in [5.41, 5.74) is 1.10. The Labute approximate surface area is 119 Å². The lowest BCUT2D eigenvalue weighted by atomic mass is 9.98. The van der Waals surface area contributed by atoms with E-state index >= 15 is 0 Å². The molecule has 1 aromatic rings. The van der Waals surface area contributed by atoms with Crippen molar-refractivity contribution in [3.63, 3.8) is 0 Å². The van der Waals surface area contributed by atoms with Gasteiger partial charge in [0, 0.05) is 25.3 Å². The molecule has 1 aliphatic rings. The predicted octanol–water partition coefficient (Wildman–Crippen LogP) is 2.99. The van der Waals surface area contributed by atoms with E-state index in [4.69, 9.17) is 9.47 Å². The van der Waals surface area contributed by atoms with E-state index < -0.39 is 0 Å². The summed E-state index contributed by atoms with van der Waals surface area (Å²) in [4.78, 5) is 11.3. The highest BCUT2D eigenvalue weighted by atomic mass is 16.5. The number of methoxy groups -OCH3 is 1. The molecule has 4 heteroatoms. The van der Waals surface area contributed by atoms with Crippen LogP contribution in [0.2, 0.25) is 0 Å². The minimum atomic E-state index is 0.107. The Hall–Kier alpha value is -1.97. The van der Waals surface area contributed by atoms with Crippen LogP contribution in [0.25, 0.3) is 0 Å². The molecule has 0 spiro atoms. The standard InChI is InChI=1S/C16H21NO3/c1-4-13(5-2)20-15-8-11(6-7-14(15)19-3)12-9-16(18)17-10-12/h4,6-8,12H,5,9-10H2,1-3H3,(H,17,18). The van der Waals surface area contributed by atoms with Gasteiger partial charge in [-0.25, -0.2) is 0 Å². The highest BCUT2D eigenvalue weighted by molar-refractivity contribution is 5.79. The third-order valence-electron chi connectivity index (χ3n) is 3.55. The van der Waals surface area contributed by atoms with Gasteiger partial charge in [-0.3, -0.25) is 4.79 Å². The van der Waals surface area contributed by atoms with Crippen LogP contribution >= 0.6 is 0 Å².